The molecule has 0 aliphatic carbocycles. The quantitative estimate of drug-likeness (QED) is 0.272. The minimum Gasteiger partial charge on any atom is -0.300 e. The number of aromatic nitrogens is 2. The van der Waals surface area contributed by atoms with E-state index in [1.54, 1.807) is 28.0 Å². The van der Waals surface area contributed by atoms with Gasteiger partial charge in [0.15, 0.2) is 0 Å². The van der Waals surface area contributed by atoms with Crippen molar-refractivity contribution in [3.05, 3.63) is 88.0 Å². The maximum Gasteiger partial charge on any atom is 0.232 e. The number of hydroxylamine groups is 2. The van der Waals surface area contributed by atoms with Gasteiger partial charge in [-0.05, 0) is 41.0 Å². The topological polar surface area (TPSA) is 67.3 Å². The van der Waals surface area contributed by atoms with Gasteiger partial charge >= 0.3 is 0 Å². The van der Waals surface area contributed by atoms with Crippen LogP contribution in [-0.2, 0) is 16.2 Å². The van der Waals surface area contributed by atoms with Crippen LogP contribution in [0, 0.1) is 11.2 Å². The molecular formula is C26H27FN4O2S2. The third-order valence-corrected chi connectivity index (χ3v) is 7.51. The van der Waals surface area contributed by atoms with Gasteiger partial charge < -0.3 is 5.32 Å². The summed E-state index contributed by atoms with van der Waals surface area (Å²) in [6.45, 7) is 4.25. The summed E-state index contributed by atoms with van der Waals surface area (Å²) in [5.41, 5.74) is 3.56. The van der Waals surface area contributed by atoms with E-state index in [2.05, 4.69) is 33.7 Å². The third kappa shape index (κ3) is 5.99. The second-order valence-corrected chi connectivity index (χ2v) is 10.8. The van der Waals surface area contributed by atoms with Crippen LogP contribution in [0.25, 0.3) is 10.4 Å². The van der Waals surface area contributed by atoms with E-state index in [1.165, 1.54) is 23.5 Å². The van der Waals surface area contributed by atoms with Gasteiger partial charge in [-0.2, -0.15) is 5.06 Å². The Labute approximate surface area is 212 Å². The summed E-state index contributed by atoms with van der Waals surface area (Å²) < 4.78 is 14.2. The van der Waals surface area contributed by atoms with Crippen molar-refractivity contribution in [2.75, 3.05) is 19.4 Å². The van der Waals surface area contributed by atoms with Gasteiger partial charge in [0.25, 0.3) is 0 Å². The summed E-state index contributed by atoms with van der Waals surface area (Å²) in [4.78, 5) is 20.9. The fourth-order valence-corrected chi connectivity index (χ4v) is 5.64. The molecule has 1 atom stereocenters. The number of anilines is 1. The molecule has 4 rings (SSSR count). The van der Waals surface area contributed by atoms with Gasteiger partial charge in [-0.25, -0.2) is 4.39 Å². The summed E-state index contributed by atoms with van der Waals surface area (Å²) in [6.07, 6.45) is 0. The van der Waals surface area contributed by atoms with E-state index < -0.39 is 5.41 Å². The third-order valence-electron chi connectivity index (χ3n) is 5.71. The highest BCUT2D eigenvalue weighted by molar-refractivity contribution is 7.15. The first-order valence-electron chi connectivity index (χ1n) is 11.1. The van der Waals surface area contributed by atoms with E-state index in [0.29, 0.717) is 11.7 Å². The monoisotopic (exact) mass is 510 g/mol. The highest BCUT2D eigenvalue weighted by Gasteiger charge is 2.40. The molecule has 0 spiro atoms. The number of nitrogens with one attached hydrogen (secondary N) is 1. The van der Waals surface area contributed by atoms with E-state index in [4.69, 9.17) is 4.84 Å². The largest absolute Gasteiger partial charge is 0.300 e. The molecule has 9 heteroatoms. The predicted molar refractivity (Wildman–Crippen MR) is 139 cm³/mol. The molecule has 0 saturated carbocycles. The zero-order valence-corrected chi connectivity index (χ0v) is 21.6. The maximum absolute atomic E-state index is 14.2. The van der Waals surface area contributed by atoms with Crippen molar-refractivity contribution in [1.82, 2.24) is 15.3 Å². The molecule has 6 nitrogen and oxygen atoms in total. The average Bonchev–Trinajstić information content (AvgIpc) is 3.51. The molecular weight excluding hydrogens is 483 g/mol. The van der Waals surface area contributed by atoms with E-state index in [0.717, 1.165) is 26.4 Å². The van der Waals surface area contributed by atoms with E-state index >= 15 is 0 Å². The number of hydrogen-bond donors (Lipinski definition) is 1. The molecule has 1 amide bonds. The lowest BCUT2D eigenvalue weighted by atomic mass is 9.73. The number of amides is 1. The van der Waals surface area contributed by atoms with Crippen LogP contribution in [0.2, 0.25) is 0 Å². The van der Waals surface area contributed by atoms with Crippen molar-refractivity contribution in [3.8, 4) is 10.4 Å². The van der Waals surface area contributed by atoms with E-state index in [1.807, 2.05) is 52.2 Å². The SMILES string of the molecule is CN(C)OCc1ccc(-c2ccc([C@@H](c3cccc(F)c3)C(C)(C)C(=O)Nc3nncs3)s2)cc1. The zero-order valence-electron chi connectivity index (χ0n) is 20.0. The second kappa shape index (κ2) is 10.7. The molecule has 4 aromatic rings. The smallest absolute Gasteiger partial charge is 0.232 e. The van der Waals surface area contributed by atoms with Crippen LogP contribution < -0.4 is 5.32 Å². The Kier molecular flexibility index (Phi) is 7.71. The Morgan fingerprint density at radius 2 is 1.91 bits per heavy atom. The van der Waals surface area contributed by atoms with Gasteiger partial charge in [-0.1, -0.05) is 61.6 Å². The van der Waals surface area contributed by atoms with Crippen molar-refractivity contribution >= 4 is 33.7 Å². The Bertz CT molecular complexity index is 1270. The number of carbonyl (C=O) groups is 1. The molecule has 0 radical (unpaired) electrons. The molecule has 2 aromatic heterocycles. The van der Waals surface area contributed by atoms with E-state index in [9.17, 15) is 9.18 Å². The molecule has 2 heterocycles. The summed E-state index contributed by atoms with van der Waals surface area (Å²) in [5.74, 6) is -0.901. The van der Waals surface area contributed by atoms with Crippen LogP contribution in [0.15, 0.2) is 66.2 Å². The molecule has 0 unspecified atom stereocenters. The molecule has 1 N–H and O–H groups in total. The number of hydrogen-bond acceptors (Lipinski definition) is 7. The van der Waals surface area contributed by atoms with Crippen LogP contribution >= 0.6 is 22.7 Å². The lowest BCUT2D eigenvalue weighted by Gasteiger charge is -2.32. The summed E-state index contributed by atoms with van der Waals surface area (Å²) in [7, 11) is 3.71. The van der Waals surface area contributed by atoms with Gasteiger partial charge in [-0.15, -0.1) is 21.5 Å². The van der Waals surface area contributed by atoms with Crippen molar-refractivity contribution in [3.63, 3.8) is 0 Å². The molecule has 182 valence electrons. The van der Waals surface area contributed by atoms with Gasteiger partial charge in [0, 0.05) is 29.8 Å². The van der Waals surface area contributed by atoms with Gasteiger partial charge in [0.2, 0.25) is 11.0 Å². The van der Waals surface area contributed by atoms with Crippen LogP contribution in [0.1, 0.15) is 35.8 Å². The minimum atomic E-state index is -0.894. The first-order chi connectivity index (χ1) is 16.7. The number of rotatable bonds is 9. The first kappa shape index (κ1) is 25.1. The van der Waals surface area contributed by atoms with Crippen molar-refractivity contribution in [1.29, 1.82) is 0 Å². The number of nitrogens with zero attached hydrogens (tertiary/aromatic N) is 3. The van der Waals surface area contributed by atoms with Crippen molar-refractivity contribution in [2.24, 2.45) is 5.41 Å². The summed E-state index contributed by atoms with van der Waals surface area (Å²) in [5, 5.41) is 12.7. The molecule has 0 bridgehead atoms. The summed E-state index contributed by atoms with van der Waals surface area (Å²) >= 11 is 2.86. The number of halogens is 1. The Hall–Kier alpha value is -2.98. The Balaban J connectivity index is 1.65. The molecule has 0 aliphatic rings. The van der Waals surface area contributed by atoms with Crippen LogP contribution in [0.3, 0.4) is 0 Å². The van der Waals surface area contributed by atoms with Crippen LogP contribution in [0.4, 0.5) is 9.52 Å². The predicted octanol–water partition coefficient (Wildman–Crippen LogP) is 6.20. The average molecular weight is 511 g/mol. The zero-order chi connectivity index (χ0) is 25.0. The molecule has 0 saturated heterocycles. The number of thiophene rings is 1. The fraction of sp³-hybridized carbons (Fsp3) is 0.269. The standard InChI is InChI=1S/C26H27FN4O2S2/c1-26(2,24(32)29-25-30-28-16-34-25)23(19-6-5-7-20(27)14-19)22-13-12-21(35-22)18-10-8-17(9-11-18)15-33-31(3)4/h5-14,16,23H,15H2,1-4H3,(H,29,30,32)/t23-/m1/s1. The molecule has 0 fully saturated rings. The first-order valence-corrected chi connectivity index (χ1v) is 12.8. The molecule has 35 heavy (non-hydrogen) atoms. The Morgan fingerprint density at radius 1 is 1.14 bits per heavy atom. The van der Waals surface area contributed by atoms with Crippen LogP contribution in [-0.4, -0.2) is 35.3 Å². The lowest BCUT2D eigenvalue weighted by molar-refractivity contribution is -0.130. The minimum absolute atomic E-state index is 0.205. The lowest BCUT2D eigenvalue weighted by Crippen LogP contribution is -2.36. The van der Waals surface area contributed by atoms with Crippen molar-refractivity contribution < 1.29 is 14.0 Å². The fourth-order valence-electron chi connectivity index (χ4n) is 3.87. The second-order valence-electron chi connectivity index (χ2n) is 8.89. The highest BCUT2D eigenvalue weighted by atomic mass is 32.1. The molecule has 2 aromatic carbocycles. The number of carbonyl (C=O) groups excluding carboxylic acids is 1. The molecule has 0 aliphatic heterocycles. The highest BCUT2D eigenvalue weighted by Crippen LogP contribution is 2.46. The van der Waals surface area contributed by atoms with Crippen LogP contribution in [0.5, 0.6) is 0 Å². The van der Waals surface area contributed by atoms with Crippen molar-refractivity contribution in [2.45, 2.75) is 26.4 Å². The Morgan fingerprint density at radius 3 is 2.57 bits per heavy atom. The van der Waals surface area contributed by atoms with Gasteiger partial charge in [0.1, 0.15) is 11.3 Å². The van der Waals surface area contributed by atoms with E-state index in [-0.39, 0.29) is 17.6 Å². The van der Waals surface area contributed by atoms with Gasteiger partial charge in [-0.3, -0.25) is 9.63 Å². The summed E-state index contributed by atoms with van der Waals surface area (Å²) in [6, 6.07) is 18.8. The normalized spacial score (nSPS) is 12.6. The number of benzene rings is 2. The maximum atomic E-state index is 14.2. The van der Waals surface area contributed by atoms with Gasteiger partial charge in [0.05, 0.1) is 12.0 Å².